The topological polar surface area (TPSA) is 91.1 Å². The molecule has 0 aliphatic heterocycles. The van der Waals surface area contributed by atoms with Crippen molar-refractivity contribution >= 4 is 11.9 Å². The largest absolute Gasteiger partial charge is 0.458 e. The van der Waals surface area contributed by atoms with Crippen molar-refractivity contribution in [3.8, 4) is 0 Å². The summed E-state index contributed by atoms with van der Waals surface area (Å²) in [6.07, 6.45) is -0.368. The molecule has 0 saturated carbocycles. The van der Waals surface area contributed by atoms with Gasteiger partial charge in [0, 0.05) is 20.6 Å². The summed E-state index contributed by atoms with van der Waals surface area (Å²) in [5.41, 5.74) is 5.80. The summed E-state index contributed by atoms with van der Waals surface area (Å²) in [5, 5.41) is 0. The number of nitrogens with zero attached hydrogens (tertiary/aromatic N) is 1. The van der Waals surface area contributed by atoms with Crippen molar-refractivity contribution in [2.24, 2.45) is 5.73 Å². The molecule has 0 aliphatic rings. The molecule has 7 nitrogen and oxygen atoms in total. The van der Waals surface area contributed by atoms with Crippen LogP contribution in [0.25, 0.3) is 0 Å². The van der Waals surface area contributed by atoms with Gasteiger partial charge in [-0.05, 0) is 26.3 Å². The lowest BCUT2D eigenvalue weighted by Crippen LogP contribution is -2.53. The van der Waals surface area contributed by atoms with Crippen LogP contribution in [0.2, 0.25) is 0 Å². The third-order valence-electron chi connectivity index (χ3n) is 3.69. The molecule has 0 aliphatic carbocycles. The number of amides is 1. The first kappa shape index (κ1) is 22.1. The van der Waals surface area contributed by atoms with Crippen LogP contribution in [0.3, 0.4) is 0 Å². The first-order valence-electron chi connectivity index (χ1n) is 8.53. The summed E-state index contributed by atoms with van der Waals surface area (Å²) in [4.78, 5) is 26.7. The molecule has 0 aromatic heterocycles. The third-order valence-corrected chi connectivity index (χ3v) is 3.69. The number of hydrogen-bond donors (Lipinski definition) is 1. The number of hydrogen-bond acceptors (Lipinski definition) is 6. The summed E-state index contributed by atoms with van der Waals surface area (Å²) < 4.78 is 15.9. The summed E-state index contributed by atoms with van der Waals surface area (Å²) in [7, 11) is 2.94. The molecule has 0 radical (unpaired) electrons. The molecule has 1 aromatic carbocycles. The van der Waals surface area contributed by atoms with Crippen molar-refractivity contribution in [2.45, 2.75) is 45.1 Å². The Kier molecular flexibility index (Phi) is 8.71. The van der Waals surface area contributed by atoms with Gasteiger partial charge in [-0.1, -0.05) is 30.3 Å². The lowest BCUT2D eigenvalue weighted by molar-refractivity contribution is -0.170. The Labute approximate surface area is 155 Å². The van der Waals surface area contributed by atoms with Crippen LogP contribution in [0.4, 0.5) is 0 Å². The van der Waals surface area contributed by atoms with Crippen molar-refractivity contribution in [1.82, 2.24) is 4.90 Å². The molecule has 146 valence electrons. The zero-order valence-corrected chi connectivity index (χ0v) is 16.2. The zero-order valence-electron chi connectivity index (χ0n) is 16.2. The highest BCUT2D eigenvalue weighted by atomic mass is 16.7. The fourth-order valence-corrected chi connectivity index (χ4v) is 2.45. The summed E-state index contributed by atoms with van der Waals surface area (Å²) in [6, 6.07) is 8.60. The van der Waals surface area contributed by atoms with E-state index in [1.54, 1.807) is 20.8 Å². The van der Waals surface area contributed by atoms with Gasteiger partial charge >= 0.3 is 5.97 Å². The summed E-state index contributed by atoms with van der Waals surface area (Å²) >= 11 is 0. The van der Waals surface area contributed by atoms with Crippen LogP contribution in [0, 0.1) is 0 Å². The average molecular weight is 366 g/mol. The second-order valence-electron chi connectivity index (χ2n) is 6.89. The molecule has 1 amide bonds. The van der Waals surface area contributed by atoms with Crippen molar-refractivity contribution < 1.29 is 23.8 Å². The van der Waals surface area contributed by atoms with Gasteiger partial charge in [0.1, 0.15) is 11.6 Å². The highest BCUT2D eigenvalue weighted by Crippen LogP contribution is 2.17. The summed E-state index contributed by atoms with van der Waals surface area (Å²) in [6.45, 7) is 5.19. The van der Waals surface area contributed by atoms with E-state index in [0.29, 0.717) is 6.42 Å². The molecule has 1 unspecified atom stereocenters. The van der Waals surface area contributed by atoms with Crippen molar-refractivity contribution in [1.29, 1.82) is 0 Å². The number of nitrogens with two attached hydrogens (primary N) is 1. The Balaban J connectivity index is 3.18. The summed E-state index contributed by atoms with van der Waals surface area (Å²) in [5.74, 6) is -0.870. The molecule has 1 atom stereocenters. The van der Waals surface area contributed by atoms with Crippen LogP contribution in [0.1, 0.15) is 26.3 Å². The van der Waals surface area contributed by atoms with Gasteiger partial charge in [0.05, 0.1) is 13.1 Å². The number of ether oxygens (including phenoxy) is 3. The van der Waals surface area contributed by atoms with Gasteiger partial charge < -0.3 is 24.8 Å². The molecule has 0 fully saturated rings. The molecule has 1 rings (SSSR count). The number of carbonyl (C=O) groups is 2. The Hall–Kier alpha value is -1.96. The molecule has 0 heterocycles. The van der Waals surface area contributed by atoms with Crippen molar-refractivity contribution in [3.05, 3.63) is 35.9 Å². The monoisotopic (exact) mass is 366 g/mol. The first-order chi connectivity index (χ1) is 12.2. The maximum absolute atomic E-state index is 12.8. The van der Waals surface area contributed by atoms with Crippen LogP contribution in [-0.2, 0) is 30.2 Å². The Morgan fingerprint density at radius 2 is 1.69 bits per heavy atom. The van der Waals surface area contributed by atoms with Crippen molar-refractivity contribution in [2.75, 3.05) is 27.3 Å². The van der Waals surface area contributed by atoms with E-state index in [-0.39, 0.29) is 19.0 Å². The first-order valence-corrected chi connectivity index (χ1v) is 8.53. The molecule has 0 saturated heterocycles. The maximum atomic E-state index is 12.8. The SMILES string of the molecule is COC(CN(C(=O)CN)C(Cc1ccccc1)C(=O)OC(C)(C)C)OC. The van der Waals surface area contributed by atoms with Gasteiger partial charge in [-0.25, -0.2) is 4.79 Å². The zero-order chi connectivity index (χ0) is 19.7. The van der Waals surface area contributed by atoms with Crippen LogP contribution >= 0.6 is 0 Å². The Morgan fingerprint density at radius 3 is 2.15 bits per heavy atom. The van der Waals surface area contributed by atoms with Crippen LogP contribution < -0.4 is 5.73 Å². The van der Waals surface area contributed by atoms with E-state index >= 15 is 0 Å². The lowest BCUT2D eigenvalue weighted by Gasteiger charge is -2.34. The molecule has 7 heteroatoms. The van der Waals surface area contributed by atoms with Crippen molar-refractivity contribution in [3.63, 3.8) is 0 Å². The van der Waals surface area contributed by atoms with Crippen LogP contribution in [0.5, 0.6) is 0 Å². The standard InChI is InChI=1S/C19H30N2O5/c1-19(2,3)26-18(23)15(11-14-9-7-6-8-10-14)21(16(22)12-20)13-17(24-4)25-5/h6-10,15,17H,11-13,20H2,1-5H3. The fraction of sp³-hybridized carbons (Fsp3) is 0.579. The molecule has 1 aromatic rings. The molecular weight excluding hydrogens is 336 g/mol. The van der Waals surface area contributed by atoms with E-state index < -0.39 is 23.9 Å². The van der Waals surface area contributed by atoms with E-state index in [2.05, 4.69) is 0 Å². The highest BCUT2D eigenvalue weighted by Gasteiger charge is 2.34. The van der Waals surface area contributed by atoms with Gasteiger partial charge in [0.2, 0.25) is 5.91 Å². The molecule has 0 bridgehead atoms. The number of carbonyl (C=O) groups excluding carboxylic acids is 2. The van der Waals surface area contributed by atoms with E-state index in [0.717, 1.165) is 5.56 Å². The quantitative estimate of drug-likeness (QED) is 0.524. The molecule has 0 spiro atoms. The minimum Gasteiger partial charge on any atom is -0.458 e. The van der Waals surface area contributed by atoms with E-state index in [1.165, 1.54) is 19.1 Å². The van der Waals surface area contributed by atoms with Gasteiger partial charge in [-0.15, -0.1) is 0 Å². The average Bonchev–Trinajstić information content (AvgIpc) is 2.60. The predicted molar refractivity (Wildman–Crippen MR) is 98.4 cm³/mol. The Morgan fingerprint density at radius 1 is 1.12 bits per heavy atom. The number of benzene rings is 1. The van der Waals surface area contributed by atoms with Gasteiger partial charge in [-0.2, -0.15) is 0 Å². The van der Waals surface area contributed by atoms with Gasteiger partial charge in [-0.3, -0.25) is 4.79 Å². The lowest BCUT2D eigenvalue weighted by atomic mass is 10.0. The second kappa shape index (κ2) is 10.3. The highest BCUT2D eigenvalue weighted by molar-refractivity contribution is 5.86. The number of methoxy groups -OCH3 is 2. The van der Waals surface area contributed by atoms with Gasteiger partial charge in [0.15, 0.2) is 6.29 Å². The second-order valence-corrected chi connectivity index (χ2v) is 6.89. The van der Waals surface area contributed by atoms with E-state index in [1.807, 2.05) is 30.3 Å². The van der Waals surface area contributed by atoms with Crippen LogP contribution in [-0.4, -0.2) is 62.0 Å². The third kappa shape index (κ3) is 7.11. The van der Waals surface area contributed by atoms with Crippen LogP contribution in [0.15, 0.2) is 30.3 Å². The predicted octanol–water partition coefficient (Wildman–Crippen LogP) is 1.35. The molecule has 2 N–H and O–H groups in total. The Bertz CT molecular complexity index is 567. The molecular formula is C19H30N2O5. The maximum Gasteiger partial charge on any atom is 0.329 e. The number of esters is 1. The normalized spacial score (nSPS) is 12.7. The fourth-order valence-electron chi connectivity index (χ4n) is 2.45. The van der Waals surface area contributed by atoms with E-state index in [4.69, 9.17) is 19.9 Å². The van der Waals surface area contributed by atoms with Gasteiger partial charge in [0.25, 0.3) is 0 Å². The van der Waals surface area contributed by atoms with E-state index in [9.17, 15) is 9.59 Å². The smallest absolute Gasteiger partial charge is 0.329 e. The number of rotatable bonds is 9. The minimum absolute atomic E-state index is 0.0692. The minimum atomic E-state index is -0.833. The molecule has 26 heavy (non-hydrogen) atoms.